The van der Waals surface area contributed by atoms with E-state index >= 15 is 0 Å². The van der Waals surface area contributed by atoms with Gasteiger partial charge in [0.05, 0.1) is 44.2 Å². The molecule has 0 aromatic heterocycles. The van der Waals surface area contributed by atoms with Crippen LogP contribution in [0.2, 0.25) is 0 Å². The molecule has 34 heavy (non-hydrogen) atoms. The number of hydrogen-bond acceptors (Lipinski definition) is 5. The quantitative estimate of drug-likeness (QED) is 0.403. The molecule has 0 bridgehead atoms. The van der Waals surface area contributed by atoms with Crippen LogP contribution in [0.5, 0.6) is 0 Å². The Balaban J connectivity index is 1.66. The van der Waals surface area contributed by atoms with Gasteiger partial charge in [0.25, 0.3) is 0 Å². The highest BCUT2D eigenvalue weighted by molar-refractivity contribution is 5.15. The number of aliphatic hydroxyl groups is 1. The molecule has 5 atom stereocenters. The molecule has 2 aromatic carbocycles. The molecule has 0 amide bonds. The second-order valence-electron chi connectivity index (χ2n) is 10.1. The molecule has 1 saturated carbocycles. The zero-order valence-electron chi connectivity index (χ0n) is 21.3. The fourth-order valence-corrected chi connectivity index (χ4v) is 4.63. The van der Waals surface area contributed by atoms with Crippen LogP contribution < -0.4 is 5.32 Å². The van der Waals surface area contributed by atoms with E-state index in [1.54, 1.807) is 0 Å². The largest absolute Gasteiger partial charge is 0.390 e. The molecule has 0 aliphatic heterocycles. The Labute approximate surface area is 205 Å². The van der Waals surface area contributed by atoms with Gasteiger partial charge in [-0.25, -0.2) is 0 Å². The summed E-state index contributed by atoms with van der Waals surface area (Å²) in [6, 6.07) is 20.4. The Hall–Kier alpha value is -1.76. The number of likely N-dealkylation sites (N-methyl/N-ethyl adjacent to an activating group) is 1. The molecular weight excluding hydrogens is 426 g/mol. The van der Waals surface area contributed by atoms with Gasteiger partial charge < -0.3 is 24.6 Å². The molecule has 1 fully saturated rings. The summed E-state index contributed by atoms with van der Waals surface area (Å²) >= 11 is 0. The highest BCUT2D eigenvalue weighted by atomic mass is 16.6. The third-order valence-electron chi connectivity index (χ3n) is 7.06. The monoisotopic (exact) mass is 469 g/mol. The molecule has 0 heterocycles. The number of unbranched alkanes of at least 4 members (excludes halogenated alkanes) is 1. The van der Waals surface area contributed by atoms with E-state index in [0.717, 1.165) is 36.8 Å². The molecule has 0 spiro atoms. The predicted molar refractivity (Wildman–Crippen MR) is 137 cm³/mol. The van der Waals surface area contributed by atoms with Gasteiger partial charge >= 0.3 is 0 Å². The van der Waals surface area contributed by atoms with Crippen LogP contribution in [0, 0.1) is 5.41 Å². The van der Waals surface area contributed by atoms with Crippen LogP contribution in [0.3, 0.4) is 0 Å². The average molecular weight is 470 g/mol. The van der Waals surface area contributed by atoms with Crippen molar-refractivity contribution in [2.45, 2.75) is 90.1 Å². The van der Waals surface area contributed by atoms with Crippen molar-refractivity contribution in [1.29, 1.82) is 0 Å². The minimum Gasteiger partial charge on any atom is -0.390 e. The van der Waals surface area contributed by atoms with Crippen LogP contribution in [0.25, 0.3) is 0 Å². The van der Waals surface area contributed by atoms with Crippen molar-refractivity contribution in [2.75, 3.05) is 13.7 Å². The van der Waals surface area contributed by atoms with Crippen LogP contribution in [0.1, 0.15) is 57.6 Å². The number of rotatable bonds is 14. The number of aliphatic hydroxyl groups excluding tert-OH is 1. The summed E-state index contributed by atoms with van der Waals surface area (Å²) < 4.78 is 19.1. The second-order valence-corrected chi connectivity index (χ2v) is 10.1. The molecular formula is C29H43NO4. The summed E-state index contributed by atoms with van der Waals surface area (Å²) in [6.45, 7) is 7.79. The van der Waals surface area contributed by atoms with Crippen molar-refractivity contribution in [2.24, 2.45) is 5.41 Å². The highest BCUT2D eigenvalue weighted by Gasteiger charge is 2.45. The number of benzene rings is 2. The van der Waals surface area contributed by atoms with E-state index in [2.05, 4.69) is 50.4 Å². The molecule has 5 unspecified atom stereocenters. The third-order valence-corrected chi connectivity index (χ3v) is 7.06. The van der Waals surface area contributed by atoms with E-state index < -0.39 is 6.10 Å². The number of ether oxygens (including phenoxy) is 3. The van der Waals surface area contributed by atoms with E-state index in [1.807, 2.05) is 43.4 Å². The summed E-state index contributed by atoms with van der Waals surface area (Å²) in [5.74, 6) is 0. The van der Waals surface area contributed by atoms with Crippen LogP contribution in [-0.4, -0.2) is 49.2 Å². The average Bonchev–Trinajstić information content (AvgIpc) is 3.21. The van der Waals surface area contributed by atoms with Gasteiger partial charge in [0, 0.05) is 6.42 Å². The van der Waals surface area contributed by atoms with E-state index in [9.17, 15) is 5.11 Å². The van der Waals surface area contributed by atoms with Crippen LogP contribution >= 0.6 is 0 Å². The molecule has 5 heteroatoms. The maximum absolute atomic E-state index is 10.9. The lowest BCUT2D eigenvalue weighted by atomic mass is 9.82. The highest BCUT2D eigenvalue weighted by Crippen LogP contribution is 2.32. The van der Waals surface area contributed by atoms with Gasteiger partial charge in [-0.3, -0.25) is 0 Å². The topological polar surface area (TPSA) is 60.0 Å². The first-order chi connectivity index (χ1) is 16.4. The molecule has 3 rings (SSSR count). The van der Waals surface area contributed by atoms with Gasteiger partial charge in [0.2, 0.25) is 0 Å². The lowest BCUT2D eigenvalue weighted by Gasteiger charge is -2.33. The molecule has 2 aromatic rings. The van der Waals surface area contributed by atoms with Crippen molar-refractivity contribution in [3.05, 3.63) is 71.8 Å². The molecule has 5 nitrogen and oxygen atoms in total. The van der Waals surface area contributed by atoms with Crippen molar-refractivity contribution in [3.8, 4) is 0 Å². The Morgan fingerprint density at radius 2 is 1.47 bits per heavy atom. The number of nitrogens with one attached hydrogen (secondary N) is 1. The standard InChI is InChI=1S/C29H43NO4/c1-5-6-17-29(2,3)26(31)21-34-28-25(33-20-23-15-11-8-12-16-23)18-24(27(28)30-4)32-19-22-13-9-7-10-14-22/h7-16,24-28,30-31H,5-6,17-21H2,1-4H3. The van der Waals surface area contributed by atoms with Crippen LogP contribution in [0.15, 0.2) is 60.7 Å². The summed E-state index contributed by atoms with van der Waals surface area (Å²) in [7, 11) is 1.95. The maximum Gasteiger partial charge on any atom is 0.102 e. The van der Waals surface area contributed by atoms with Crippen molar-refractivity contribution in [1.82, 2.24) is 5.32 Å². The van der Waals surface area contributed by atoms with Gasteiger partial charge in [0.1, 0.15) is 6.10 Å². The SMILES string of the molecule is CCCCC(C)(C)C(O)COC1C(OCc2ccccc2)CC(OCc2ccccc2)C1NC. The van der Waals surface area contributed by atoms with E-state index in [0.29, 0.717) is 13.2 Å². The Morgan fingerprint density at radius 3 is 2.00 bits per heavy atom. The summed E-state index contributed by atoms with van der Waals surface area (Å²) in [4.78, 5) is 0. The predicted octanol–water partition coefficient (Wildman–Crippen LogP) is 5.11. The molecule has 2 N–H and O–H groups in total. The smallest absolute Gasteiger partial charge is 0.102 e. The third kappa shape index (κ3) is 7.62. The first kappa shape index (κ1) is 26.8. The fourth-order valence-electron chi connectivity index (χ4n) is 4.63. The first-order valence-corrected chi connectivity index (χ1v) is 12.7. The van der Waals surface area contributed by atoms with Gasteiger partial charge in [-0.1, -0.05) is 94.3 Å². The molecule has 1 aliphatic rings. The van der Waals surface area contributed by atoms with Crippen molar-refractivity contribution in [3.63, 3.8) is 0 Å². The normalized spacial score (nSPS) is 23.8. The van der Waals surface area contributed by atoms with Gasteiger partial charge in [-0.2, -0.15) is 0 Å². The minimum atomic E-state index is -0.532. The number of hydrogen-bond donors (Lipinski definition) is 2. The van der Waals surface area contributed by atoms with Crippen molar-refractivity contribution < 1.29 is 19.3 Å². The van der Waals surface area contributed by atoms with Gasteiger partial charge in [-0.05, 0) is 30.0 Å². The summed E-state index contributed by atoms with van der Waals surface area (Å²) in [5, 5.41) is 14.3. The Bertz CT molecular complexity index is 813. The summed E-state index contributed by atoms with van der Waals surface area (Å²) in [5.41, 5.74) is 2.10. The molecule has 0 saturated heterocycles. The second kappa shape index (κ2) is 13.4. The molecule has 0 radical (unpaired) electrons. The fraction of sp³-hybridized carbons (Fsp3) is 0.586. The zero-order chi connectivity index (χ0) is 24.4. The lowest BCUT2D eigenvalue weighted by molar-refractivity contribution is -0.109. The van der Waals surface area contributed by atoms with Crippen molar-refractivity contribution >= 4 is 0 Å². The summed E-state index contributed by atoms with van der Waals surface area (Å²) in [6.07, 6.45) is 3.05. The van der Waals surface area contributed by atoms with Crippen LogP contribution in [0.4, 0.5) is 0 Å². The van der Waals surface area contributed by atoms with E-state index in [-0.39, 0.29) is 36.4 Å². The molecule has 188 valence electrons. The van der Waals surface area contributed by atoms with E-state index in [4.69, 9.17) is 14.2 Å². The lowest BCUT2D eigenvalue weighted by Crippen LogP contribution is -2.47. The Kier molecular flexibility index (Phi) is 10.5. The van der Waals surface area contributed by atoms with E-state index in [1.165, 1.54) is 0 Å². The minimum absolute atomic E-state index is 0.0181. The Morgan fingerprint density at radius 1 is 0.912 bits per heavy atom. The van der Waals surface area contributed by atoms with Gasteiger partial charge in [0.15, 0.2) is 0 Å². The molecule has 1 aliphatic carbocycles. The first-order valence-electron chi connectivity index (χ1n) is 12.7. The van der Waals surface area contributed by atoms with Crippen LogP contribution in [-0.2, 0) is 27.4 Å². The maximum atomic E-state index is 10.9. The van der Waals surface area contributed by atoms with Gasteiger partial charge in [-0.15, -0.1) is 0 Å². The zero-order valence-corrected chi connectivity index (χ0v) is 21.3.